The molecule has 0 aromatic heterocycles. The number of nitrogens with zero attached hydrogens (tertiary/aromatic N) is 1. The first kappa shape index (κ1) is 34.5. The van der Waals surface area contributed by atoms with Crippen molar-refractivity contribution < 1.29 is 0 Å². The van der Waals surface area contributed by atoms with Gasteiger partial charge in [0, 0.05) is 16.8 Å². The van der Waals surface area contributed by atoms with Gasteiger partial charge in [0.2, 0.25) is 0 Å². The molecule has 0 atom stereocenters. The smallest absolute Gasteiger partial charge is 0.0714 e. The Morgan fingerprint density at radius 2 is 0.966 bits per heavy atom. The molecular weight excluding hydrogens is 699 g/mol. The van der Waals surface area contributed by atoms with Crippen molar-refractivity contribution in [3.8, 4) is 22.3 Å². The van der Waals surface area contributed by atoms with Crippen LogP contribution in [-0.2, 0) is 5.41 Å². The van der Waals surface area contributed by atoms with Gasteiger partial charge in [0.1, 0.15) is 0 Å². The van der Waals surface area contributed by atoms with Crippen LogP contribution in [0.25, 0.3) is 43.8 Å². The van der Waals surface area contributed by atoms with Crippen molar-refractivity contribution in [3.63, 3.8) is 0 Å². The van der Waals surface area contributed by atoms with Crippen LogP contribution in [0.15, 0.2) is 206 Å². The van der Waals surface area contributed by atoms with Crippen molar-refractivity contribution in [2.75, 3.05) is 4.90 Å². The lowest BCUT2D eigenvalue weighted by molar-refractivity contribution is 0.445. The fraction of sp³-hybridized carbons (Fsp3) is 0.123. The standard InChI is InChI=1S/C57H45N/c1-4-20-41(21-5-1)47-31-16-23-42-24-17-32-49(55(42)47)48-29-13-15-35-53(48)58(46-38-37-40-19-10-11-22-43(40)39-46)54-36-18-34-52-56(54)50-30-12-14-33-51(50)57(52,44-25-6-2-7-26-44)45-27-8-3-9-28-45/h2-3,6-19,22-39,41H,1,4-5,20-21H2. The molecule has 1 nitrogen and oxygen atoms in total. The number of anilines is 3. The Kier molecular flexibility index (Phi) is 8.55. The molecule has 0 heterocycles. The topological polar surface area (TPSA) is 3.24 Å². The van der Waals surface area contributed by atoms with Gasteiger partial charge in [-0.15, -0.1) is 0 Å². The predicted octanol–water partition coefficient (Wildman–Crippen LogP) is 15.5. The van der Waals surface area contributed by atoms with Crippen LogP contribution in [-0.4, -0.2) is 0 Å². The van der Waals surface area contributed by atoms with E-state index in [4.69, 9.17) is 0 Å². The van der Waals surface area contributed by atoms with Gasteiger partial charge in [-0.05, 0) is 104 Å². The molecule has 0 N–H and O–H groups in total. The van der Waals surface area contributed by atoms with E-state index in [9.17, 15) is 0 Å². The number of hydrogen-bond donors (Lipinski definition) is 0. The Bertz CT molecular complexity index is 2890. The van der Waals surface area contributed by atoms with Gasteiger partial charge in [0.15, 0.2) is 0 Å². The van der Waals surface area contributed by atoms with Crippen molar-refractivity contribution in [3.05, 3.63) is 234 Å². The molecule has 2 aliphatic carbocycles. The van der Waals surface area contributed by atoms with E-state index in [0.717, 1.165) is 5.69 Å². The molecule has 0 aliphatic heterocycles. The van der Waals surface area contributed by atoms with Gasteiger partial charge >= 0.3 is 0 Å². The highest BCUT2D eigenvalue weighted by Crippen LogP contribution is 2.60. The molecule has 1 saturated carbocycles. The first-order chi connectivity index (χ1) is 28.8. The second-order valence-electron chi connectivity index (χ2n) is 16.2. The number of para-hydroxylation sites is 1. The van der Waals surface area contributed by atoms with Crippen molar-refractivity contribution in [2.24, 2.45) is 0 Å². The molecule has 278 valence electrons. The zero-order chi connectivity index (χ0) is 38.5. The summed E-state index contributed by atoms with van der Waals surface area (Å²) in [4.78, 5) is 2.56. The maximum Gasteiger partial charge on any atom is 0.0714 e. The second kappa shape index (κ2) is 14.4. The third-order valence-electron chi connectivity index (χ3n) is 13.1. The van der Waals surface area contributed by atoms with E-state index in [0.29, 0.717) is 5.92 Å². The van der Waals surface area contributed by atoms with E-state index in [1.807, 2.05) is 0 Å². The van der Waals surface area contributed by atoms with Gasteiger partial charge in [-0.3, -0.25) is 0 Å². The maximum atomic E-state index is 2.56. The monoisotopic (exact) mass is 743 g/mol. The summed E-state index contributed by atoms with van der Waals surface area (Å²) in [6, 6.07) is 77.2. The average Bonchev–Trinajstić information content (AvgIpc) is 3.61. The van der Waals surface area contributed by atoms with E-state index in [-0.39, 0.29) is 0 Å². The van der Waals surface area contributed by atoms with Crippen molar-refractivity contribution in [1.82, 2.24) is 0 Å². The van der Waals surface area contributed by atoms with Crippen LogP contribution in [0.3, 0.4) is 0 Å². The highest BCUT2D eigenvalue weighted by molar-refractivity contribution is 6.06. The van der Waals surface area contributed by atoms with Crippen LogP contribution in [0.1, 0.15) is 65.8 Å². The molecule has 0 amide bonds. The molecule has 1 heteroatoms. The largest absolute Gasteiger partial charge is 0.309 e. The van der Waals surface area contributed by atoms with Gasteiger partial charge in [-0.25, -0.2) is 0 Å². The van der Waals surface area contributed by atoms with E-state index in [1.54, 1.807) is 0 Å². The van der Waals surface area contributed by atoms with Crippen LogP contribution in [0, 0.1) is 0 Å². The van der Waals surface area contributed by atoms with E-state index in [1.165, 1.54) is 115 Å². The van der Waals surface area contributed by atoms with E-state index >= 15 is 0 Å². The fourth-order valence-electron chi connectivity index (χ4n) is 10.6. The highest BCUT2D eigenvalue weighted by Gasteiger charge is 2.47. The van der Waals surface area contributed by atoms with Crippen molar-refractivity contribution >= 4 is 38.6 Å². The molecule has 9 aromatic rings. The van der Waals surface area contributed by atoms with Crippen LogP contribution >= 0.6 is 0 Å². The Morgan fingerprint density at radius 1 is 0.397 bits per heavy atom. The molecule has 0 spiro atoms. The summed E-state index contributed by atoms with van der Waals surface area (Å²) >= 11 is 0. The summed E-state index contributed by atoms with van der Waals surface area (Å²) in [6.07, 6.45) is 6.49. The minimum absolute atomic E-state index is 0.496. The summed E-state index contributed by atoms with van der Waals surface area (Å²) in [5, 5.41) is 5.18. The minimum atomic E-state index is -0.496. The van der Waals surface area contributed by atoms with Crippen LogP contribution in [0.5, 0.6) is 0 Å². The Morgan fingerprint density at radius 3 is 1.74 bits per heavy atom. The molecule has 0 radical (unpaired) electrons. The Balaban J connectivity index is 1.22. The van der Waals surface area contributed by atoms with Gasteiger partial charge < -0.3 is 4.90 Å². The summed E-state index contributed by atoms with van der Waals surface area (Å²) in [7, 11) is 0. The van der Waals surface area contributed by atoms with Gasteiger partial charge in [-0.2, -0.15) is 0 Å². The molecule has 58 heavy (non-hydrogen) atoms. The molecule has 2 aliphatic rings. The SMILES string of the molecule is c1ccc(C2(c3ccccc3)c3ccccc3-c3c(N(c4ccc5ccccc5c4)c4ccccc4-c4cccc5cccc(C6CCCCC6)c45)cccc32)cc1. The third kappa shape index (κ3) is 5.45. The summed E-state index contributed by atoms with van der Waals surface area (Å²) < 4.78 is 0. The van der Waals surface area contributed by atoms with Crippen LogP contribution in [0.4, 0.5) is 17.1 Å². The molecular formula is C57H45N. The third-order valence-corrected chi connectivity index (χ3v) is 13.1. The van der Waals surface area contributed by atoms with Gasteiger partial charge in [0.25, 0.3) is 0 Å². The summed E-state index contributed by atoms with van der Waals surface area (Å²) in [5.41, 5.74) is 14.7. The lowest BCUT2D eigenvalue weighted by Gasteiger charge is -2.34. The fourth-order valence-corrected chi connectivity index (χ4v) is 10.6. The van der Waals surface area contributed by atoms with Crippen LogP contribution < -0.4 is 4.90 Å². The maximum absolute atomic E-state index is 2.56. The van der Waals surface area contributed by atoms with E-state index in [2.05, 4.69) is 211 Å². The molecule has 1 fully saturated rings. The van der Waals surface area contributed by atoms with Crippen molar-refractivity contribution in [2.45, 2.75) is 43.4 Å². The lowest BCUT2D eigenvalue weighted by atomic mass is 9.68. The Labute approximate surface area is 341 Å². The van der Waals surface area contributed by atoms with Gasteiger partial charge in [0.05, 0.1) is 16.8 Å². The zero-order valence-corrected chi connectivity index (χ0v) is 32.7. The highest BCUT2D eigenvalue weighted by atomic mass is 15.1. The molecule has 11 rings (SSSR count). The number of fused-ring (bicyclic) bond motifs is 5. The molecule has 0 saturated heterocycles. The second-order valence-corrected chi connectivity index (χ2v) is 16.2. The Hall–Kier alpha value is -6.70. The van der Waals surface area contributed by atoms with Gasteiger partial charge in [-0.1, -0.05) is 201 Å². The van der Waals surface area contributed by atoms with E-state index < -0.39 is 5.41 Å². The molecule has 0 unspecified atom stereocenters. The quantitative estimate of drug-likeness (QED) is 0.157. The first-order valence-corrected chi connectivity index (χ1v) is 21.0. The average molecular weight is 744 g/mol. The lowest BCUT2D eigenvalue weighted by Crippen LogP contribution is -2.28. The molecule has 0 bridgehead atoms. The minimum Gasteiger partial charge on any atom is -0.309 e. The first-order valence-electron chi connectivity index (χ1n) is 21.0. The number of hydrogen-bond acceptors (Lipinski definition) is 1. The summed E-state index contributed by atoms with van der Waals surface area (Å²) in [5.74, 6) is 0.584. The van der Waals surface area contributed by atoms with Crippen molar-refractivity contribution in [1.29, 1.82) is 0 Å². The summed E-state index contributed by atoms with van der Waals surface area (Å²) in [6.45, 7) is 0. The van der Waals surface area contributed by atoms with Crippen LogP contribution in [0.2, 0.25) is 0 Å². The predicted molar refractivity (Wildman–Crippen MR) is 245 cm³/mol. The number of benzene rings is 9. The zero-order valence-electron chi connectivity index (χ0n) is 32.7. The molecule has 9 aromatic carbocycles. The number of rotatable bonds is 7. The normalized spacial score (nSPS) is 14.6.